The van der Waals surface area contributed by atoms with E-state index in [-0.39, 0.29) is 0 Å². The minimum Gasteiger partial charge on any atom is -0.326 e. The zero-order chi connectivity index (χ0) is 9.26. The smallest absolute Gasteiger partial charge is 0.0695 e. The van der Waals surface area contributed by atoms with E-state index in [1.54, 1.807) is 0 Å². The van der Waals surface area contributed by atoms with Gasteiger partial charge in [-0.3, -0.25) is 4.68 Å². The second kappa shape index (κ2) is 3.13. The highest BCUT2D eigenvalue weighted by molar-refractivity contribution is 5.83. The largest absolute Gasteiger partial charge is 0.326 e. The number of benzene rings is 1. The Morgan fingerprint density at radius 2 is 2.08 bits per heavy atom. The van der Waals surface area contributed by atoms with Gasteiger partial charge in [0.1, 0.15) is 0 Å². The van der Waals surface area contributed by atoms with E-state index in [0.29, 0.717) is 0 Å². The molecule has 0 aliphatic rings. The zero-order valence-electron chi connectivity index (χ0n) is 8.04. The van der Waals surface area contributed by atoms with Gasteiger partial charge in [-0.15, -0.1) is 0 Å². The van der Waals surface area contributed by atoms with Crippen molar-refractivity contribution in [3.05, 3.63) is 36.0 Å². The minimum absolute atomic E-state index is 0.943. The lowest BCUT2D eigenvalue weighted by Gasteiger charge is -2.05. The first-order chi connectivity index (χ1) is 6.33. The van der Waals surface area contributed by atoms with Gasteiger partial charge in [-0.05, 0) is 25.5 Å². The topological polar surface area (TPSA) is 17.0 Å². The van der Waals surface area contributed by atoms with Crippen LogP contribution in [0.1, 0.15) is 12.5 Å². The summed E-state index contributed by atoms with van der Waals surface area (Å²) in [4.78, 5) is 0. The van der Waals surface area contributed by atoms with Gasteiger partial charge < -0.3 is 5.43 Å². The molecular weight excluding hydrogens is 160 g/mol. The molecule has 2 rings (SSSR count). The Balaban J connectivity index is 2.63. The van der Waals surface area contributed by atoms with Crippen LogP contribution in [0.4, 0.5) is 0 Å². The highest BCUT2D eigenvalue weighted by Crippen LogP contribution is 2.18. The normalized spacial score (nSPS) is 10.6. The summed E-state index contributed by atoms with van der Waals surface area (Å²) < 4.78 is 2.09. The first kappa shape index (κ1) is 8.17. The van der Waals surface area contributed by atoms with Gasteiger partial charge in [0.15, 0.2) is 0 Å². The average molecular weight is 174 g/mol. The molecule has 13 heavy (non-hydrogen) atoms. The molecule has 1 heterocycles. The first-order valence-corrected chi connectivity index (χ1v) is 4.63. The van der Waals surface area contributed by atoms with E-state index in [2.05, 4.69) is 54.4 Å². The summed E-state index contributed by atoms with van der Waals surface area (Å²) in [7, 11) is 0. The summed E-state index contributed by atoms with van der Waals surface area (Å²) in [5.74, 6) is 0. The van der Waals surface area contributed by atoms with Crippen molar-refractivity contribution < 1.29 is 0 Å². The van der Waals surface area contributed by atoms with E-state index in [9.17, 15) is 0 Å². The molecule has 1 N–H and O–H groups in total. The van der Waals surface area contributed by atoms with Crippen molar-refractivity contribution >= 4 is 10.9 Å². The van der Waals surface area contributed by atoms with E-state index in [1.165, 1.54) is 16.5 Å². The molecule has 0 saturated carbocycles. The summed E-state index contributed by atoms with van der Waals surface area (Å²) in [6, 6.07) is 8.42. The fourth-order valence-electron chi connectivity index (χ4n) is 1.65. The standard InChI is InChI=1S/C11H14N2/c1-3-12-13-8-9(2)10-6-4-5-7-11(10)13/h4-8,12H,3H2,1-2H3. The molecule has 0 radical (unpaired) electrons. The number of fused-ring (bicyclic) bond motifs is 1. The number of aromatic nitrogens is 1. The first-order valence-electron chi connectivity index (χ1n) is 4.63. The van der Waals surface area contributed by atoms with Crippen LogP contribution < -0.4 is 5.43 Å². The van der Waals surface area contributed by atoms with Gasteiger partial charge in [0.25, 0.3) is 0 Å². The molecule has 0 fully saturated rings. The van der Waals surface area contributed by atoms with Crippen LogP contribution >= 0.6 is 0 Å². The summed E-state index contributed by atoms with van der Waals surface area (Å²) in [6.45, 7) is 5.18. The number of rotatable bonds is 2. The Kier molecular flexibility index (Phi) is 1.97. The molecule has 0 aliphatic heterocycles. The van der Waals surface area contributed by atoms with Crippen LogP contribution in [-0.4, -0.2) is 11.2 Å². The molecule has 0 bridgehead atoms. The van der Waals surface area contributed by atoms with Crippen LogP contribution in [0, 0.1) is 6.92 Å². The number of hydrogen-bond acceptors (Lipinski definition) is 1. The quantitative estimate of drug-likeness (QED) is 0.740. The molecule has 1 aromatic carbocycles. The lowest BCUT2D eigenvalue weighted by Crippen LogP contribution is -2.11. The number of nitrogens with zero attached hydrogens (tertiary/aromatic N) is 1. The van der Waals surface area contributed by atoms with Gasteiger partial charge in [0.05, 0.1) is 5.52 Å². The Morgan fingerprint density at radius 1 is 1.31 bits per heavy atom. The zero-order valence-corrected chi connectivity index (χ0v) is 8.04. The Bertz CT molecular complexity index is 415. The molecule has 0 spiro atoms. The van der Waals surface area contributed by atoms with Crippen LogP contribution in [0.3, 0.4) is 0 Å². The lowest BCUT2D eigenvalue weighted by molar-refractivity contribution is 0.898. The number of nitrogens with one attached hydrogen (secondary N) is 1. The maximum atomic E-state index is 3.29. The summed E-state index contributed by atoms with van der Waals surface area (Å²) in [5, 5.41) is 1.32. The van der Waals surface area contributed by atoms with Crippen molar-refractivity contribution in [3.63, 3.8) is 0 Å². The van der Waals surface area contributed by atoms with Crippen LogP contribution in [0.15, 0.2) is 30.5 Å². The van der Waals surface area contributed by atoms with Crippen molar-refractivity contribution in [1.29, 1.82) is 0 Å². The summed E-state index contributed by atoms with van der Waals surface area (Å²) >= 11 is 0. The Labute approximate surface area is 78.1 Å². The average Bonchev–Trinajstić information content (AvgIpc) is 2.46. The third-order valence-electron chi connectivity index (χ3n) is 2.24. The lowest BCUT2D eigenvalue weighted by atomic mass is 10.2. The van der Waals surface area contributed by atoms with Crippen molar-refractivity contribution in [2.24, 2.45) is 0 Å². The molecule has 2 aromatic rings. The van der Waals surface area contributed by atoms with Crippen LogP contribution in [0.5, 0.6) is 0 Å². The van der Waals surface area contributed by atoms with E-state index in [0.717, 1.165) is 6.54 Å². The van der Waals surface area contributed by atoms with Gasteiger partial charge >= 0.3 is 0 Å². The van der Waals surface area contributed by atoms with Crippen LogP contribution in [-0.2, 0) is 0 Å². The molecule has 0 aliphatic carbocycles. The number of aryl methyl sites for hydroxylation is 1. The molecule has 2 heteroatoms. The number of para-hydroxylation sites is 1. The van der Waals surface area contributed by atoms with E-state index in [4.69, 9.17) is 0 Å². The van der Waals surface area contributed by atoms with Crippen LogP contribution in [0.25, 0.3) is 10.9 Å². The predicted molar refractivity (Wildman–Crippen MR) is 56.6 cm³/mol. The molecule has 1 aromatic heterocycles. The third-order valence-corrected chi connectivity index (χ3v) is 2.24. The van der Waals surface area contributed by atoms with Crippen molar-refractivity contribution in [2.45, 2.75) is 13.8 Å². The maximum Gasteiger partial charge on any atom is 0.0695 e. The fraction of sp³-hybridized carbons (Fsp3) is 0.273. The van der Waals surface area contributed by atoms with Crippen molar-refractivity contribution in [3.8, 4) is 0 Å². The Morgan fingerprint density at radius 3 is 2.85 bits per heavy atom. The second-order valence-electron chi connectivity index (χ2n) is 3.21. The molecule has 68 valence electrons. The highest BCUT2D eigenvalue weighted by Gasteiger charge is 2.02. The van der Waals surface area contributed by atoms with Gasteiger partial charge in [-0.25, -0.2) is 0 Å². The second-order valence-corrected chi connectivity index (χ2v) is 3.21. The van der Waals surface area contributed by atoms with Gasteiger partial charge in [0, 0.05) is 18.1 Å². The molecule has 0 unspecified atom stereocenters. The SMILES string of the molecule is CCNn1cc(C)c2ccccc21. The number of hydrogen-bond donors (Lipinski definition) is 1. The van der Waals surface area contributed by atoms with Crippen molar-refractivity contribution in [2.75, 3.05) is 12.0 Å². The Hall–Kier alpha value is -1.44. The van der Waals surface area contributed by atoms with Gasteiger partial charge in [-0.1, -0.05) is 18.2 Å². The molecule has 2 nitrogen and oxygen atoms in total. The maximum absolute atomic E-state index is 3.29. The van der Waals surface area contributed by atoms with Gasteiger partial charge in [0.2, 0.25) is 0 Å². The molecular formula is C11H14N2. The predicted octanol–water partition coefficient (Wildman–Crippen LogP) is 2.51. The van der Waals surface area contributed by atoms with E-state index in [1.807, 2.05) is 0 Å². The molecule has 0 atom stereocenters. The van der Waals surface area contributed by atoms with Crippen molar-refractivity contribution in [1.82, 2.24) is 4.68 Å². The highest BCUT2D eigenvalue weighted by atomic mass is 15.4. The van der Waals surface area contributed by atoms with E-state index >= 15 is 0 Å². The monoisotopic (exact) mass is 174 g/mol. The third kappa shape index (κ3) is 1.28. The van der Waals surface area contributed by atoms with Gasteiger partial charge in [-0.2, -0.15) is 0 Å². The molecule has 0 amide bonds. The van der Waals surface area contributed by atoms with E-state index < -0.39 is 0 Å². The summed E-state index contributed by atoms with van der Waals surface area (Å²) in [6.07, 6.45) is 2.13. The minimum atomic E-state index is 0.943. The molecule has 0 saturated heterocycles. The summed E-state index contributed by atoms with van der Waals surface area (Å²) in [5.41, 5.74) is 5.86. The fourth-order valence-corrected chi connectivity index (χ4v) is 1.65. The van der Waals surface area contributed by atoms with Crippen LogP contribution in [0.2, 0.25) is 0 Å².